The van der Waals surface area contributed by atoms with Crippen molar-refractivity contribution < 1.29 is 4.74 Å². The molecule has 1 aromatic heterocycles. The van der Waals surface area contributed by atoms with Gasteiger partial charge in [0.15, 0.2) is 0 Å². The molecule has 2 N–H and O–H groups in total. The largest absolute Gasteiger partial charge is 0.379 e. The Morgan fingerprint density at radius 3 is 3.12 bits per heavy atom. The molecule has 0 spiro atoms. The van der Waals surface area contributed by atoms with Crippen LogP contribution < -0.4 is 5.73 Å². The topological polar surface area (TPSA) is 53.1 Å². The Bertz CT molecular complexity index is 526. The smallest absolute Gasteiger partial charge is 0.201 e. The van der Waals surface area contributed by atoms with Gasteiger partial charge in [0.2, 0.25) is 5.95 Å². The summed E-state index contributed by atoms with van der Waals surface area (Å²) in [5, 5.41) is 0. The normalized spacial score (nSPS) is 20.7. The lowest BCUT2D eigenvalue weighted by atomic mass is 10.2. The molecule has 3 rings (SSSR count). The molecule has 0 bridgehead atoms. The van der Waals surface area contributed by atoms with Crippen LogP contribution in [-0.4, -0.2) is 22.8 Å². The molecule has 4 nitrogen and oxygen atoms in total. The number of anilines is 1. The van der Waals surface area contributed by atoms with Gasteiger partial charge in [0.25, 0.3) is 0 Å². The van der Waals surface area contributed by atoms with Crippen LogP contribution in [0.4, 0.5) is 5.95 Å². The molecule has 1 saturated heterocycles. The summed E-state index contributed by atoms with van der Waals surface area (Å²) >= 11 is 0. The number of nitrogens with zero attached hydrogens (tertiary/aromatic N) is 2. The number of imidazole rings is 1. The Hall–Kier alpha value is -1.55. The highest BCUT2D eigenvalue weighted by Crippen LogP contribution is 2.28. The van der Waals surface area contributed by atoms with Gasteiger partial charge in [0.1, 0.15) is 0 Å². The second-order valence-electron chi connectivity index (χ2n) is 4.35. The Kier molecular flexibility index (Phi) is 2.11. The molecule has 0 aliphatic carbocycles. The second kappa shape index (κ2) is 3.49. The van der Waals surface area contributed by atoms with Crippen LogP contribution in [0.2, 0.25) is 0 Å². The van der Waals surface area contributed by atoms with Gasteiger partial charge in [0.05, 0.1) is 23.7 Å². The molecule has 1 aliphatic heterocycles. The van der Waals surface area contributed by atoms with Crippen LogP contribution in [0.25, 0.3) is 11.0 Å². The van der Waals surface area contributed by atoms with Crippen LogP contribution in [0.1, 0.15) is 18.0 Å². The highest BCUT2D eigenvalue weighted by molar-refractivity contribution is 5.79. The maximum atomic E-state index is 5.98. The van der Waals surface area contributed by atoms with E-state index in [-0.39, 0.29) is 0 Å². The van der Waals surface area contributed by atoms with Crippen molar-refractivity contribution in [1.82, 2.24) is 9.55 Å². The van der Waals surface area contributed by atoms with E-state index in [0.29, 0.717) is 12.0 Å². The van der Waals surface area contributed by atoms with Gasteiger partial charge in [-0.25, -0.2) is 4.98 Å². The molecule has 84 valence electrons. The summed E-state index contributed by atoms with van der Waals surface area (Å²) in [6.07, 6.45) is 1.02. The molecule has 0 amide bonds. The predicted octanol–water partition coefficient (Wildman–Crippen LogP) is 1.89. The van der Waals surface area contributed by atoms with Gasteiger partial charge < -0.3 is 15.0 Å². The minimum Gasteiger partial charge on any atom is -0.379 e. The molecule has 1 atom stereocenters. The van der Waals surface area contributed by atoms with Gasteiger partial charge in [-0.1, -0.05) is 6.07 Å². The number of benzene rings is 1. The van der Waals surface area contributed by atoms with E-state index in [1.54, 1.807) is 0 Å². The third kappa shape index (κ3) is 1.38. The first-order valence-corrected chi connectivity index (χ1v) is 5.57. The molecule has 1 unspecified atom stereocenters. The number of hydrogen-bond acceptors (Lipinski definition) is 3. The first kappa shape index (κ1) is 9.66. The number of nitrogen functional groups attached to an aromatic ring is 1. The highest BCUT2D eigenvalue weighted by atomic mass is 16.5. The third-order valence-electron chi connectivity index (χ3n) is 3.14. The quantitative estimate of drug-likeness (QED) is 0.793. The molecule has 1 fully saturated rings. The van der Waals surface area contributed by atoms with E-state index in [1.165, 1.54) is 5.56 Å². The van der Waals surface area contributed by atoms with E-state index in [9.17, 15) is 0 Å². The minimum atomic E-state index is 0.340. The van der Waals surface area contributed by atoms with E-state index < -0.39 is 0 Å². The molecule has 1 aromatic carbocycles. The summed E-state index contributed by atoms with van der Waals surface area (Å²) in [5.74, 6) is 0.594. The van der Waals surface area contributed by atoms with Crippen LogP contribution in [0.5, 0.6) is 0 Å². The Morgan fingerprint density at radius 1 is 1.50 bits per heavy atom. The number of aryl methyl sites for hydroxylation is 1. The Labute approximate surface area is 94.0 Å². The van der Waals surface area contributed by atoms with Crippen LogP contribution in [0.3, 0.4) is 0 Å². The van der Waals surface area contributed by atoms with E-state index >= 15 is 0 Å². The first-order valence-electron chi connectivity index (χ1n) is 5.57. The van der Waals surface area contributed by atoms with Gasteiger partial charge in [-0.2, -0.15) is 0 Å². The number of hydrogen-bond donors (Lipinski definition) is 1. The van der Waals surface area contributed by atoms with Crippen molar-refractivity contribution in [2.45, 2.75) is 19.4 Å². The molecular weight excluding hydrogens is 202 g/mol. The lowest BCUT2D eigenvalue weighted by Crippen LogP contribution is -2.11. The number of rotatable bonds is 1. The third-order valence-corrected chi connectivity index (χ3v) is 3.14. The zero-order chi connectivity index (χ0) is 11.1. The fraction of sp³-hybridized carbons (Fsp3) is 0.417. The maximum Gasteiger partial charge on any atom is 0.201 e. The molecule has 2 heterocycles. The standard InChI is InChI=1S/C12H15N3O/c1-8-2-3-10-11(6-8)15(12(13)14-10)9-4-5-16-7-9/h2-3,6,9H,4-5,7H2,1H3,(H2,13,14). The average molecular weight is 217 g/mol. The number of fused-ring (bicyclic) bond motifs is 1. The van der Waals surface area contributed by atoms with Crippen molar-refractivity contribution >= 4 is 17.0 Å². The van der Waals surface area contributed by atoms with Crippen molar-refractivity contribution in [3.05, 3.63) is 23.8 Å². The van der Waals surface area contributed by atoms with Gasteiger partial charge in [-0.3, -0.25) is 0 Å². The van der Waals surface area contributed by atoms with Crippen molar-refractivity contribution in [3.8, 4) is 0 Å². The molecule has 16 heavy (non-hydrogen) atoms. The van der Waals surface area contributed by atoms with Crippen molar-refractivity contribution in [1.29, 1.82) is 0 Å². The lowest BCUT2D eigenvalue weighted by Gasteiger charge is -2.12. The van der Waals surface area contributed by atoms with Crippen LogP contribution in [0, 0.1) is 6.92 Å². The van der Waals surface area contributed by atoms with Gasteiger partial charge in [-0.15, -0.1) is 0 Å². The fourth-order valence-electron chi connectivity index (χ4n) is 2.33. The van der Waals surface area contributed by atoms with Crippen molar-refractivity contribution in [2.75, 3.05) is 18.9 Å². The average Bonchev–Trinajstić information content (AvgIpc) is 2.83. The summed E-state index contributed by atoms with van der Waals surface area (Å²) in [5.41, 5.74) is 9.29. The summed E-state index contributed by atoms with van der Waals surface area (Å²) in [6, 6.07) is 6.56. The van der Waals surface area contributed by atoms with Crippen molar-refractivity contribution in [2.24, 2.45) is 0 Å². The zero-order valence-corrected chi connectivity index (χ0v) is 9.31. The predicted molar refractivity (Wildman–Crippen MR) is 63.4 cm³/mol. The van der Waals surface area contributed by atoms with Gasteiger partial charge in [-0.05, 0) is 31.0 Å². The highest BCUT2D eigenvalue weighted by Gasteiger charge is 2.21. The number of aromatic nitrogens is 2. The molecule has 2 aromatic rings. The number of nitrogens with two attached hydrogens (primary N) is 1. The van der Waals surface area contributed by atoms with Crippen molar-refractivity contribution in [3.63, 3.8) is 0 Å². The van der Waals surface area contributed by atoms with Crippen LogP contribution in [0.15, 0.2) is 18.2 Å². The molecule has 1 aliphatic rings. The summed E-state index contributed by atoms with van der Waals surface area (Å²) in [4.78, 5) is 4.38. The molecule has 4 heteroatoms. The summed E-state index contributed by atoms with van der Waals surface area (Å²) in [6.45, 7) is 3.64. The van der Waals surface area contributed by atoms with E-state index in [1.807, 2.05) is 6.07 Å². The molecule has 0 saturated carbocycles. The van der Waals surface area contributed by atoms with Crippen LogP contribution >= 0.6 is 0 Å². The van der Waals surface area contributed by atoms with Gasteiger partial charge in [0, 0.05) is 6.61 Å². The summed E-state index contributed by atoms with van der Waals surface area (Å²) < 4.78 is 7.52. The second-order valence-corrected chi connectivity index (χ2v) is 4.35. The summed E-state index contributed by atoms with van der Waals surface area (Å²) in [7, 11) is 0. The van der Waals surface area contributed by atoms with E-state index in [4.69, 9.17) is 10.5 Å². The van der Waals surface area contributed by atoms with E-state index in [0.717, 1.165) is 30.7 Å². The maximum absolute atomic E-state index is 5.98. The first-order chi connectivity index (χ1) is 7.75. The molecular formula is C12H15N3O. The van der Waals surface area contributed by atoms with E-state index in [2.05, 4.69) is 28.6 Å². The van der Waals surface area contributed by atoms with Gasteiger partial charge >= 0.3 is 0 Å². The number of ether oxygens (including phenoxy) is 1. The monoisotopic (exact) mass is 217 g/mol. The Balaban J connectivity index is 2.20. The fourth-order valence-corrected chi connectivity index (χ4v) is 2.33. The molecule has 0 radical (unpaired) electrons. The lowest BCUT2D eigenvalue weighted by molar-refractivity contribution is 0.187. The van der Waals surface area contributed by atoms with Crippen LogP contribution in [-0.2, 0) is 4.74 Å². The zero-order valence-electron chi connectivity index (χ0n) is 9.31. The SMILES string of the molecule is Cc1ccc2nc(N)n(C3CCOC3)c2c1. The minimum absolute atomic E-state index is 0.340. The Morgan fingerprint density at radius 2 is 2.38 bits per heavy atom.